The number of hydrogen-bond acceptors (Lipinski definition) is 7. The molecule has 7 nitrogen and oxygen atoms in total. The minimum absolute atomic E-state index is 0.0635. The van der Waals surface area contributed by atoms with E-state index in [4.69, 9.17) is 4.74 Å². The molecule has 0 N–H and O–H groups in total. The normalized spacial score (nSPS) is 11.3. The van der Waals surface area contributed by atoms with Crippen LogP contribution in [0.15, 0.2) is 45.8 Å². The highest BCUT2D eigenvalue weighted by atomic mass is 32.2. The summed E-state index contributed by atoms with van der Waals surface area (Å²) < 4.78 is 9.58. The summed E-state index contributed by atoms with van der Waals surface area (Å²) in [6, 6.07) is 7.60. The Balaban J connectivity index is 1.48. The molecule has 0 aliphatic rings. The van der Waals surface area contributed by atoms with Crippen molar-refractivity contribution in [3.05, 3.63) is 68.8 Å². The highest BCUT2D eigenvalue weighted by molar-refractivity contribution is 7.98. The van der Waals surface area contributed by atoms with Crippen LogP contribution < -0.4 is 10.3 Å². The quantitative estimate of drug-likeness (QED) is 0.417. The first-order valence-electron chi connectivity index (χ1n) is 9.26. The zero-order chi connectivity index (χ0) is 20.4. The van der Waals surface area contributed by atoms with Gasteiger partial charge in [-0.3, -0.25) is 9.20 Å². The molecule has 0 bridgehead atoms. The number of rotatable bonds is 7. The number of hydrogen-bond donors (Lipinski definition) is 0. The summed E-state index contributed by atoms with van der Waals surface area (Å²) in [5, 5.41) is 11.3. The molecule has 9 heteroatoms. The number of aromatic nitrogens is 5. The predicted octanol–water partition coefficient (Wildman–Crippen LogP) is 3.86. The number of fused-ring (bicyclic) bond motifs is 1. The van der Waals surface area contributed by atoms with E-state index in [-0.39, 0.29) is 5.56 Å². The van der Waals surface area contributed by atoms with Crippen molar-refractivity contribution in [2.45, 2.75) is 44.8 Å². The molecule has 0 amide bonds. The second-order valence-corrected chi connectivity index (χ2v) is 8.38. The van der Waals surface area contributed by atoms with Crippen LogP contribution in [0.5, 0.6) is 5.75 Å². The minimum Gasteiger partial charge on any atom is -0.485 e. The van der Waals surface area contributed by atoms with Crippen LogP contribution in [0.2, 0.25) is 0 Å². The van der Waals surface area contributed by atoms with Gasteiger partial charge in [0.25, 0.3) is 5.56 Å². The number of thiazole rings is 1. The Hall–Kier alpha value is -2.65. The monoisotopic (exact) mass is 427 g/mol. The first kappa shape index (κ1) is 19.7. The molecule has 0 aliphatic heterocycles. The van der Waals surface area contributed by atoms with E-state index in [1.165, 1.54) is 28.7 Å². The maximum Gasteiger partial charge on any atom is 0.258 e. The van der Waals surface area contributed by atoms with Gasteiger partial charge in [0.2, 0.25) is 0 Å². The molecule has 3 heterocycles. The average molecular weight is 428 g/mol. The summed E-state index contributed by atoms with van der Waals surface area (Å²) in [4.78, 5) is 17.4. The Bertz CT molecular complexity index is 1210. The third-order valence-corrected chi connectivity index (χ3v) is 6.48. The standard InChI is InChI=1S/C20H21N5O2S2/c1-4-24-17(11-27-16-7-5-6-13(2)14(16)3)22-23-20(24)29-12-15-10-18(26)25-8-9-28-19(25)21-15/h5-10H,4,11-12H2,1-3H3. The predicted molar refractivity (Wildman–Crippen MR) is 115 cm³/mol. The van der Waals surface area contributed by atoms with E-state index in [9.17, 15) is 4.79 Å². The summed E-state index contributed by atoms with van der Waals surface area (Å²) in [6.45, 7) is 7.26. The summed E-state index contributed by atoms with van der Waals surface area (Å²) in [5.41, 5.74) is 3.00. The molecule has 0 saturated carbocycles. The summed E-state index contributed by atoms with van der Waals surface area (Å²) in [5.74, 6) is 2.19. The Morgan fingerprint density at radius 2 is 2.10 bits per heavy atom. The van der Waals surface area contributed by atoms with Crippen LogP contribution in [-0.4, -0.2) is 24.1 Å². The van der Waals surface area contributed by atoms with Gasteiger partial charge in [0.1, 0.15) is 12.4 Å². The van der Waals surface area contributed by atoms with Gasteiger partial charge in [-0.2, -0.15) is 0 Å². The number of benzene rings is 1. The number of nitrogens with zero attached hydrogens (tertiary/aromatic N) is 5. The van der Waals surface area contributed by atoms with Crippen molar-refractivity contribution in [2.24, 2.45) is 0 Å². The van der Waals surface area contributed by atoms with E-state index in [1.807, 2.05) is 22.1 Å². The smallest absolute Gasteiger partial charge is 0.258 e. The molecule has 1 aromatic carbocycles. The first-order chi connectivity index (χ1) is 14.1. The van der Waals surface area contributed by atoms with E-state index in [2.05, 4.69) is 42.0 Å². The third-order valence-electron chi connectivity index (χ3n) is 4.73. The van der Waals surface area contributed by atoms with Gasteiger partial charge in [-0.05, 0) is 38.0 Å². The summed E-state index contributed by atoms with van der Waals surface area (Å²) in [6.07, 6.45) is 1.74. The second-order valence-electron chi connectivity index (χ2n) is 6.56. The van der Waals surface area contributed by atoms with Gasteiger partial charge in [0.05, 0.1) is 5.69 Å². The molecule has 29 heavy (non-hydrogen) atoms. The largest absolute Gasteiger partial charge is 0.485 e. The molecule has 4 rings (SSSR count). The molecule has 0 fully saturated rings. The molecule has 3 aromatic heterocycles. The van der Waals surface area contributed by atoms with Crippen molar-refractivity contribution in [1.29, 1.82) is 0 Å². The highest BCUT2D eigenvalue weighted by Gasteiger charge is 2.14. The zero-order valence-electron chi connectivity index (χ0n) is 16.5. The maximum absolute atomic E-state index is 12.1. The van der Waals surface area contributed by atoms with Crippen LogP contribution >= 0.6 is 23.1 Å². The van der Waals surface area contributed by atoms with E-state index >= 15 is 0 Å². The lowest BCUT2D eigenvalue weighted by Gasteiger charge is -2.11. The number of aryl methyl sites for hydroxylation is 1. The van der Waals surface area contributed by atoms with Crippen LogP contribution in [0.3, 0.4) is 0 Å². The lowest BCUT2D eigenvalue weighted by molar-refractivity contribution is 0.286. The van der Waals surface area contributed by atoms with E-state index in [0.717, 1.165) is 34.5 Å². The van der Waals surface area contributed by atoms with E-state index in [0.29, 0.717) is 17.3 Å². The van der Waals surface area contributed by atoms with Gasteiger partial charge in [-0.1, -0.05) is 23.9 Å². The SMILES string of the molecule is CCn1c(COc2cccc(C)c2C)nnc1SCc1cc(=O)n2ccsc2n1. The third kappa shape index (κ3) is 4.06. The molecule has 0 spiro atoms. The zero-order valence-corrected chi connectivity index (χ0v) is 18.1. The fourth-order valence-corrected chi connectivity index (χ4v) is 4.63. The van der Waals surface area contributed by atoms with Crippen molar-refractivity contribution in [2.75, 3.05) is 0 Å². The van der Waals surface area contributed by atoms with Crippen LogP contribution in [0.1, 0.15) is 29.6 Å². The van der Waals surface area contributed by atoms with Gasteiger partial charge in [-0.25, -0.2) is 4.98 Å². The van der Waals surface area contributed by atoms with Gasteiger partial charge >= 0.3 is 0 Å². The van der Waals surface area contributed by atoms with Crippen molar-refractivity contribution in [3.8, 4) is 5.75 Å². The average Bonchev–Trinajstić information content (AvgIpc) is 3.34. The molecule has 150 valence electrons. The van der Waals surface area contributed by atoms with E-state index in [1.54, 1.807) is 16.7 Å². The number of ether oxygens (including phenoxy) is 1. The van der Waals surface area contributed by atoms with Crippen LogP contribution in [0.4, 0.5) is 0 Å². The van der Waals surface area contributed by atoms with Crippen molar-refractivity contribution < 1.29 is 4.74 Å². The molecule has 0 saturated heterocycles. The molecular weight excluding hydrogens is 406 g/mol. The lowest BCUT2D eigenvalue weighted by atomic mass is 10.1. The topological polar surface area (TPSA) is 74.3 Å². The Kier molecular flexibility index (Phi) is 5.68. The van der Waals surface area contributed by atoms with Crippen LogP contribution in [0.25, 0.3) is 4.96 Å². The number of thioether (sulfide) groups is 1. The summed E-state index contributed by atoms with van der Waals surface area (Å²) in [7, 11) is 0. The van der Waals surface area contributed by atoms with Crippen LogP contribution in [0, 0.1) is 13.8 Å². The van der Waals surface area contributed by atoms with Crippen LogP contribution in [-0.2, 0) is 18.9 Å². The van der Waals surface area contributed by atoms with Gasteiger partial charge in [0.15, 0.2) is 15.9 Å². The lowest BCUT2D eigenvalue weighted by Crippen LogP contribution is -2.12. The molecule has 0 unspecified atom stereocenters. The summed E-state index contributed by atoms with van der Waals surface area (Å²) >= 11 is 2.97. The van der Waals surface area contributed by atoms with Crippen molar-refractivity contribution in [1.82, 2.24) is 24.1 Å². The minimum atomic E-state index is -0.0635. The molecule has 0 radical (unpaired) electrons. The fourth-order valence-electron chi connectivity index (χ4n) is 2.97. The highest BCUT2D eigenvalue weighted by Crippen LogP contribution is 2.24. The van der Waals surface area contributed by atoms with Gasteiger partial charge in [0, 0.05) is 29.9 Å². The van der Waals surface area contributed by atoms with Gasteiger partial charge < -0.3 is 9.30 Å². The Labute approximate surface area is 176 Å². The first-order valence-corrected chi connectivity index (χ1v) is 11.1. The molecule has 4 aromatic rings. The second kappa shape index (κ2) is 8.38. The van der Waals surface area contributed by atoms with Crippen molar-refractivity contribution >= 4 is 28.1 Å². The van der Waals surface area contributed by atoms with Gasteiger partial charge in [-0.15, -0.1) is 21.5 Å². The Morgan fingerprint density at radius 3 is 2.93 bits per heavy atom. The molecule has 0 atom stereocenters. The fraction of sp³-hybridized carbons (Fsp3) is 0.300. The maximum atomic E-state index is 12.1. The van der Waals surface area contributed by atoms with E-state index < -0.39 is 0 Å². The molecule has 0 aliphatic carbocycles. The Morgan fingerprint density at radius 1 is 1.24 bits per heavy atom. The molecular formula is C20H21N5O2S2. The van der Waals surface area contributed by atoms with Crippen molar-refractivity contribution in [3.63, 3.8) is 0 Å².